The molecule has 116 valence electrons. The first kappa shape index (κ1) is 17.3. The van der Waals surface area contributed by atoms with Crippen LogP contribution >= 0.6 is 0 Å². The second kappa shape index (κ2) is 7.87. The van der Waals surface area contributed by atoms with Crippen LogP contribution in [0.15, 0.2) is 29.8 Å². The van der Waals surface area contributed by atoms with Crippen molar-refractivity contribution in [2.24, 2.45) is 5.73 Å². The van der Waals surface area contributed by atoms with Crippen molar-refractivity contribution >= 4 is 5.91 Å². The van der Waals surface area contributed by atoms with Crippen molar-refractivity contribution < 1.29 is 9.53 Å². The highest BCUT2D eigenvalue weighted by atomic mass is 16.5. The average Bonchev–Trinajstić information content (AvgIpc) is 2.40. The van der Waals surface area contributed by atoms with Crippen molar-refractivity contribution in [3.8, 4) is 5.75 Å². The highest BCUT2D eigenvalue weighted by molar-refractivity contribution is 5.96. The molecule has 3 nitrogen and oxygen atoms in total. The summed E-state index contributed by atoms with van der Waals surface area (Å²) < 4.78 is 6.06. The van der Waals surface area contributed by atoms with E-state index in [4.69, 9.17) is 10.5 Å². The van der Waals surface area contributed by atoms with Gasteiger partial charge in [0.05, 0.1) is 5.56 Å². The summed E-state index contributed by atoms with van der Waals surface area (Å²) in [7, 11) is 0. The number of rotatable bonds is 7. The fourth-order valence-electron chi connectivity index (χ4n) is 2.62. The number of amides is 1. The first-order chi connectivity index (χ1) is 9.90. The van der Waals surface area contributed by atoms with Crippen LogP contribution in [0.5, 0.6) is 5.75 Å². The Kier molecular flexibility index (Phi) is 6.47. The number of para-hydroxylation sites is 1. The maximum atomic E-state index is 11.7. The summed E-state index contributed by atoms with van der Waals surface area (Å²) in [6.45, 7) is 10.3. The number of ether oxygens (including phenoxy) is 1. The Morgan fingerprint density at radius 3 is 2.38 bits per heavy atom. The van der Waals surface area contributed by atoms with Crippen LogP contribution in [-0.4, -0.2) is 12.0 Å². The van der Waals surface area contributed by atoms with Crippen LogP contribution in [0, 0.1) is 0 Å². The van der Waals surface area contributed by atoms with Crippen LogP contribution in [0.1, 0.15) is 69.3 Å². The number of carbonyl (C=O) groups is 1. The molecule has 1 rings (SSSR count). The average molecular weight is 289 g/mol. The Labute approximate surface area is 128 Å². The smallest absolute Gasteiger partial charge is 0.252 e. The lowest BCUT2D eigenvalue weighted by molar-refractivity contribution is 0.0995. The van der Waals surface area contributed by atoms with Gasteiger partial charge in [0.25, 0.3) is 5.91 Å². The fourth-order valence-corrected chi connectivity index (χ4v) is 2.62. The summed E-state index contributed by atoms with van der Waals surface area (Å²) in [5.41, 5.74) is 8.23. The van der Waals surface area contributed by atoms with Gasteiger partial charge in [-0.1, -0.05) is 31.6 Å². The highest BCUT2D eigenvalue weighted by Gasteiger charge is 2.20. The van der Waals surface area contributed by atoms with Gasteiger partial charge in [0.15, 0.2) is 0 Å². The largest absolute Gasteiger partial charge is 0.486 e. The van der Waals surface area contributed by atoms with Crippen LogP contribution in [0.3, 0.4) is 0 Å². The van der Waals surface area contributed by atoms with Gasteiger partial charge >= 0.3 is 0 Å². The molecule has 0 bridgehead atoms. The van der Waals surface area contributed by atoms with Crippen LogP contribution in [0.25, 0.3) is 0 Å². The number of hydrogen-bond acceptors (Lipinski definition) is 2. The van der Waals surface area contributed by atoms with E-state index in [0.29, 0.717) is 17.2 Å². The molecule has 0 aromatic heterocycles. The molecule has 0 heterocycles. The number of benzene rings is 1. The number of nitrogens with two attached hydrogens (primary N) is 1. The molecule has 1 atom stereocenters. The maximum absolute atomic E-state index is 11.7. The predicted molar refractivity (Wildman–Crippen MR) is 87.8 cm³/mol. The zero-order valence-electron chi connectivity index (χ0n) is 13.8. The summed E-state index contributed by atoms with van der Waals surface area (Å²) in [5, 5.41) is 0. The second-order valence-electron chi connectivity index (χ2n) is 5.67. The van der Waals surface area contributed by atoms with Gasteiger partial charge in [-0.15, -0.1) is 0 Å². The molecule has 0 saturated carbocycles. The van der Waals surface area contributed by atoms with Gasteiger partial charge in [-0.25, -0.2) is 0 Å². The van der Waals surface area contributed by atoms with E-state index in [1.54, 1.807) is 6.07 Å². The van der Waals surface area contributed by atoms with Gasteiger partial charge in [-0.05, 0) is 57.2 Å². The van der Waals surface area contributed by atoms with Crippen LogP contribution in [0.4, 0.5) is 0 Å². The predicted octanol–water partition coefficient (Wildman–Crippen LogP) is 4.42. The lowest BCUT2D eigenvalue weighted by Crippen LogP contribution is -2.18. The standard InChI is InChI=1S/C18H27NO2/c1-6-14(7-2)15-9-8-10-16(18(19)20)17(15)21-13(5)11-12(3)4/h8-11,13-14H,6-7H2,1-5H3,(H2,19,20). The number of carbonyl (C=O) groups excluding carboxylic acids is 1. The molecule has 1 aromatic carbocycles. The van der Waals surface area contributed by atoms with Crippen molar-refractivity contribution in [3.05, 3.63) is 41.0 Å². The van der Waals surface area contributed by atoms with E-state index in [9.17, 15) is 4.79 Å². The van der Waals surface area contributed by atoms with E-state index in [1.807, 2.05) is 39.0 Å². The molecule has 1 amide bonds. The van der Waals surface area contributed by atoms with Crippen molar-refractivity contribution in [2.45, 2.75) is 59.5 Å². The maximum Gasteiger partial charge on any atom is 0.252 e. The second-order valence-corrected chi connectivity index (χ2v) is 5.67. The van der Waals surface area contributed by atoms with E-state index in [2.05, 4.69) is 13.8 Å². The Morgan fingerprint density at radius 2 is 1.90 bits per heavy atom. The lowest BCUT2D eigenvalue weighted by atomic mass is 9.91. The molecular formula is C18H27NO2. The van der Waals surface area contributed by atoms with Crippen LogP contribution in [-0.2, 0) is 0 Å². The number of primary amides is 1. The minimum Gasteiger partial charge on any atom is -0.486 e. The van der Waals surface area contributed by atoms with E-state index in [1.165, 1.54) is 5.57 Å². The van der Waals surface area contributed by atoms with Crippen molar-refractivity contribution in [2.75, 3.05) is 0 Å². The Hall–Kier alpha value is -1.77. The topological polar surface area (TPSA) is 52.3 Å². The molecule has 0 aliphatic rings. The molecule has 0 fully saturated rings. The quantitative estimate of drug-likeness (QED) is 0.755. The third-order valence-corrected chi connectivity index (χ3v) is 3.61. The zero-order chi connectivity index (χ0) is 16.0. The minimum absolute atomic E-state index is 0.0939. The van der Waals surface area contributed by atoms with E-state index < -0.39 is 5.91 Å². The van der Waals surface area contributed by atoms with Crippen LogP contribution in [0.2, 0.25) is 0 Å². The Bertz CT molecular complexity index is 512. The first-order valence-electron chi connectivity index (χ1n) is 7.65. The molecule has 1 aromatic rings. The third-order valence-electron chi connectivity index (χ3n) is 3.61. The molecule has 0 aliphatic carbocycles. The van der Waals surface area contributed by atoms with E-state index in [-0.39, 0.29) is 6.10 Å². The van der Waals surface area contributed by atoms with Gasteiger partial charge in [0.1, 0.15) is 11.9 Å². The SMILES string of the molecule is CCC(CC)c1cccc(C(N)=O)c1OC(C)C=C(C)C. The van der Waals surface area contributed by atoms with Gasteiger partial charge in [-0.3, -0.25) is 4.79 Å². The normalized spacial score (nSPS) is 12.1. The molecule has 0 saturated heterocycles. The Morgan fingerprint density at radius 1 is 1.29 bits per heavy atom. The molecule has 3 heteroatoms. The molecule has 21 heavy (non-hydrogen) atoms. The van der Waals surface area contributed by atoms with E-state index in [0.717, 1.165) is 18.4 Å². The zero-order valence-corrected chi connectivity index (χ0v) is 13.8. The monoisotopic (exact) mass is 289 g/mol. The lowest BCUT2D eigenvalue weighted by Gasteiger charge is -2.22. The summed E-state index contributed by atoms with van der Waals surface area (Å²) in [6, 6.07) is 5.65. The highest BCUT2D eigenvalue weighted by Crippen LogP contribution is 2.34. The number of allylic oxidation sites excluding steroid dienone is 1. The van der Waals surface area contributed by atoms with Crippen molar-refractivity contribution in [3.63, 3.8) is 0 Å². The van der Waals surface area contributed by atoms with Crippen LogP contribution < -0.4 is 10.5 Å². The fraction of sp³-hybridized carbons (Fsp3) is 0.500. The summed E-state index contributed by atoms with van der Waals surface area (Å²) in [5.74, 6) is 0.573. The van der Waals surface area contributed by atoms with Crippen molar-refractivity contribution in [1.82, 2.24) is 0 Å². The van der Waals surface area contributed by atoms with Gasteiger partial charge < -0.3 is 10.5 Å². The van der Waals surface area contributed by atoms with Gasteiger partial charge in [0.2, 0.25) is 0 Å². The Balaban J connectivity index is 3.29. The first-order valence-corrected chi connectivity index (χ1v) is 7.65. The molecule has 1 unspecified atom stereocenters. The summed E-state index contributed by atoms with van der Waals surface area (Å²) >= 11 is 0. The molecule has 0 radical (unpaired) electrons. The van der Waals surface area contributed by atoms with Crippen molar-refractivity contribution in [1.29, 1.82) is 0 Å². The van der Waals surface area contributed by atoms with E-state index >= 15 is 0 Å². The van der Waals surface area contributed by atoms with Gasteiger partial charge in [-0.2, -0.15) is 0 Å². The number of hydrogen-bond donors (Lipinski definition) is 1. The molecule has 2 N–H and O–H groups in total. The molecule has 0 spiro atoms. The molecule has 0 aliphatic heterocycles. The summed E-state index contributed by atoms with van der Waals surface area (Å²) in [4.78, 5) is 11.7. The van der Waals surface area contributed by atoms with Gasteiger partial charge in [0, 0.05) is 0 Å². The molecular weight excluding hydrogens is 262 g/mol. The summed E-state index contributed by atoms with van der Waals surface area (Å²) in [6.07, 6.45) is 3.95. The minimum atomic E-state index is -0.442. The third kappa shape index (κ3) is 4.62.